The van der Waals surface area contributed by atoms with Gasteiger partial charge in [0.25, 0.3) is 5.95 Å². The molecule has 108 valence electrons. The molecule has 0 unspecified atom stereocenters. The second-order valence-electron chi connectivity index (χ2n) is 3.86. The zero-order valence-corrected chi connectivity index (χ0v) is 11.4. The van der Waals surface area contributed by atoms with Crippen molar-refractivity contribution >= 4 is 35.2 Å². The minimum Gasteiger partial charge on any atom is -0.480 e. The van der Waals surface area contributed by atoms with Gasteiger partial charge in [0.2, 0.25) is 0 Å². The summed E-state index contributed by atoms with van der Waals surface area (Å²) in [5.41, 5.74) is 0.339. The minimum absolute atomic E-state index is 0.0279. The maximum Gasteiger partial charge on any atom is 0.329 e. The first-order chi connectivity index (χ1) is 10.1. The summed E-state index contributed by atoms with van der Waals surface area (Å²) < 4.78 is 0. The number of carbonyl (C=O) groups excluding carboxylic acids is 1. The van der Waals surface area contributed by atoms with Crippen LogP contribution in [0.25, 0.3) is 0 Å². The quantitative estimate of drug-likeness (QED) is 0.889. The van der Waals surface area contributed by atoms with Crippen LogP contribution in [0.2, 0.25) is 5.02 Å². The second kappa shape index (κ2) is 6.62. The molecule has 2 amide bonds. The van der Waals surface area contributed by atoms with Crippen molar-refractivity contribution in [1.29, 1.82) is 0 Å². The number of rotatable bonds is 4. The Hall–Kier alpha value is -2.74. The van der Waals surface area contributed by atoms with Crippen LogP contribution in [0.1, 0.15) is 0 Å². The SMILES string of the molecule is O=C(O)CN(C(=O)Nc1nccnn1)c1cccc(Cl)c1. The molecule has 8 nitrogen and oxygen atoms in total. The molecule has 0 fully saturated rings. The van der Waals surface area contributed by atoms with E-state index in [-0.39, 0.29) is 5.95 Å². The van der Waals surface area contributed by atoms with E-state index in [4.69, 9.17) is 16.7 Å². The summed E-state index contributed by atoms with van der Waals surface area (Å²) in [6, 6.07) is 5.58. The molecular formula is C12H10ClN5O3. The predicted molar refractivity (Wildman–Crippen MR) is 75.3 cm³/mol. The molecule has 0 saturated heterocycles. The molecule has 21 heavy (non-hydrogen) atoms. The number of aromatic nitrogens is 3. The van der Waals surface area contributed by atoms with Gasteiger partial charge in [-0.2, -0.15) is 5.10 Å². The normalized spacial score (nSPS) is 9.95. The van der Waals surface area contributed by atoms with E-state index in [2.05, 4.69) is 20.5 Å². The second-order valence-corrected chi connectivity index (χ2v) is 4.29. The molecular weight excluding hydrogens is 298 g/mol. The molecule has 0 saturated carbocycles. The Bertz CT molecular complexity index is 652. The van der Waals surface area contributed by atoms with Crippen molar-refractivity contribution in [2.45, 2.75) is 0 Å². The number of benzene rings is 1. The average molecular weight is 308 g/mol. The molecule has 2 aromatic rings. The van der Waals surface area contributed by atoms with Crippen LogP contribution < -0.4 is 10.2 Å². The fourth-order valence-corrected chi connectivity index (χ4v) is 1.71. The van der Waals surface area contributed by atoms with E-state index in [9.17, 15) is 9.59 Å². The number of aliphatic carboxylic acids is 1. The van der Waals surface area contributed by atoms with Gasteiger partial charge in [-0.15, -0.1) is 5.10 Å². The summed E-state index contributed by atoms with van der Waals surface area (Å²) in [7, 11) is 0. The molecule has 2 N–H and O–H groups in total. The van der Waals surface area contributed by atoms with Crippen LogP contribution >= 0.6 is 11.6 Å². The van der Waals surface area contributed by atoms with Crippen molar-refractivity contribution in [3.05, 3.63) is 41.7 Å². The smallest absolute Gasteiger partial charge is 0.329 e. The van der Waals surface area contributed by atoms with Crippen molar-refractivity contribution in [1.82, 2.24) is 15.2 Å². The average Bonchev–Trinajstić information content (AvgIpc) is 2.45. The molecule has 0 radical (unpaired) electrons. The third-order valence-electron chi connectivity index (χ3n) is 2.36. The number of carbonyl (C=O) groups is 2. The van der Waals surface area contributed by atoms with Gasteiger partial charge in [-0.25, -0.2) is 9.78 Å². The van der Waals surface area contributed by atoms with Crippen LogP contribution in [0.5, 0.6) is 0 Å². The van der Waals surface area contributed by atoms with Gasteiger partial charge < -0.3 is 5.11 Å². The van der Waals surface area contributed by atoms with Gasteiger partial charge >= 0.3 is 12.0 Å². The fourth-order valence-electron chi connectivity index (χ4n) is 1.53. The lowest BCUT2D eigenvalue weighted by molar-refractivity contribution is -0.135. The number of halogens is 1. The van der Waals surface area contributed by atoms with Gasteiger partial charge in [0.05, 0.1) is 12.4 Å². The number of carboxylic acids is 1. The summed E-state index contributed by atoms with van der Waals surface area (Å²) >= 11 is 5.85. The highest BCUT2D eigenvalue weighted by molar-refractivity contribution is 6.31. The Morgan fingerprint density at radius 1 is 1.33 bits per heavy atom. The Balaban J connectivity index is 2.23. The van der Waals surface area contributed by atoms with E-state index in [1.165, 1.54) is 18.5 Å². The first kappa shape index (κ1) is 14.7. The van der Waals surface area contributed by atoms with Crippen molar-refractivity contribution in [2.24, 2.45) is 0 Å². The van der Waals surface area contributed by atoms with Crippen LogP contribution in [0, 0.1) is 0 Å². The number of nitrogens with one attached hydrogen (secondary N) is 1. The highest BCUT2D eigenvalue weighted by atomic mass is 35.5. The topological polar surface area (TPSA) is 108 Å². The van der Waals surface area contributed by atoms with E-state index in [0.29, 0.717) is 10.7 Å². The number of amides is 2. The molecule has 0 bridgehead atoms. The lowest BCUT2D eigenvalue weighted by atomic mass is 10.3. The highest BCUT2D eigenvalue weighted by Crippen LogP contribution is 2.20. The van der Waals surface area contributed by atoms with E-state index in [1.54, 1.807) is 18.2 Å². The van der Waals surface area contributed by atoms with Crippen LogP contribution in [0.4, 0.5) is 16.4 Å². The monoisotopic (exact) mass is 307 g/mol. The first-order valence-corrected chi connectivity index (χ1v) is 6.13. The Morgan fingerprint density at radius 2 is 2.14 bits per heavy atom. The number of hydrogen-bond acceptors (Lipinski definition) is 5. The van der Waals surface area contributed by atoms with E-state index in [1.807, 2.05) is 0 Å². The maximum atomic E-state index is 12.2. The standard InChI is InChI=1S/C12H10ClN5O3/c13-8-2-1-3-9(6-8)18(7-10(19)20)12(21)16-11-14-4-5-15-17-11/h1-6H,7H2,(H,19,20)(H,14,16,17,21). The molecule has 1 heterocycles. The fraction of sp³-hybridized carbons (Fsp3) is 0.0833. The minimum atomic E-state index is -1.17. The molecule has 0 aliphatic heterocycles. The van der Waals surface area contributed by atoms with Crippen LogP contribution in [-0.4, -0.2) is 38.8 Å². The predicted octanol–water partition coefficient (Wildman–Crippen LogP) is 1.65. The molecule has 9 heteroatoms. The maximum absolute atomic E-state index is 12.2. The molecule has 0 aliphatic carbocycles. The molecule has 0 spiro atoms. The lowest BCUT2D eigenvalue weighted by Crippen LogP contribution is -2.39. The summed E-state index contributed by atoms with van der Waals surface area (Å²) in [5, 5.41) is 18.8. The van der Waals surface area contributed by atoms with Gasteiger partial charge in [0.15, 0.2) is 0 Å². The van der Waals surface area contributed by atoms with Crippen LogP contribution in [0.3, 0.4) is 0 Å². The molecule has 0 atom stereocenters. The van der Waals surface area contributed by atoms with Crippen LogP contribution in [-0.2, 0) is 4.79 Å². The van der Waals surface area contributed by atoms with Crippen molar-refractivity contribution in [3.8, 4) is 0 Å². The highest BCUT2D eigenvalue weighted by Gasteiger charge is 2.20. The number of anilines is 2. The zero-order chi connectivity index (χ0) is 15.2. The zero-order valence-electron chi connectivity index (χ0n) is 10.6. The Morgan fingerprint density at radius 3 is 2.76 bits per heavy atom. The Kier molecular flexibility index (Phi) is 4.62. The van der Waals surface area contributed by atoms with Crippen molar-refractivity contribution in [2.75, 3.05) is 16.8 Å². The van der Waals surface area contributed by atoms with Gasteiger partial charge in [-0.3, -0.25) is 15.0 Å². The largest absolute Gasteiger partial charge is 0.480 e. The third kappa shape index (κ3) is 4.11. The molecule has 0 aliphatic rings. The van der Waals surface area contributed by atoms with Gasteiger partial charge in [0, 0.05) is 10.7 Å². The number of nitrogens with zero attached hydrogens (tertiary/aromatic N) is 4. The van der Waals surface area contributed by atoms with Crippen LogP contribution in [0.15, 0.2) is 36.7 Å². The molecule has 2 rings (SSSR count). The number of hydrogen-bond donors (Lipinski definition) is 2. The van der Waals surface area contributed by atoms with Crippen molar-refractivity contribution in [3.63, 3.8) is 0 Å². The summed E-state index contributed by atoms with van der Waals surface area (Å²) in [4.78, 5) is 27.9. The summed E-state index contributed by atoms with van der Waals surface area (Å²) in [6.45, 7) is -0.535. The van der Waals surface area contributed by atoms with Gasteiger partial charge in [-0.1, -0.05) is 17.7 Å². The summed E-state index contributed by atoms with van der Waals surface area (Å²) in [6.07, 6.45) is 2.70. The number of urea groups is 1. The van der Waals surface area contributed by atoms with Gasteiger partial charge in [-0.05, 0) is 18.2 Å². The van der Waals surface area contributed by atoms with Crippen molar-refractivity contribution < 1.29 is 14.7 Å². The lowest BCUT2D eigenvalue weighted by Gasteiger charge is -2.20. The Labute approximate surface area is 124 Å². The molecule has 1 aromatic heterocycles. The van der Waals surface area contributed by atoms with Gasteiger partial charge in [0.1, 0.15) is 6.54 Å². The third-order valence-corrected chi connectivity index (χ3v) is 2.59. The summed E-state index contributed by atoms with van der Waals surface area (Å²) in [5.74, 6) is -1.20. The van der Waals surface area contributed by atoms with E-state index < -0.39 is 18.5 Å². The first-order valence-electron chi connectivity index (χ1n) is 5.76. The number of carboxylic acid groups (broad SMARTS) is 1. The van der Waals surface area contributed by atoms with E-state index in [0.717, 1.165) is 4.90 Å². The van der Waals surface area contributed by atoms with E-state index >= 15 is 0 Å². The molecule has 1 aromatic carbocycles.